The highest BCUT2D eigenvalue weighted by molar-refractivity contribution is 5.73. The fourth-order valence-electron chi connectivity index (χ4n) is 3.87. The topological polar surface area (TPSA) is 0 Å². The van der Waals surface area contributed by atoms with Gasteiger partial charge < -0.3 is 0 Å². The molecule has 0 atom stereocenters. The van der Waals surface area contributed by atoms with Gasteiger partial charge in [0, 0.05) is 5.92 Å². The zero-order chi connectivity index (χ0) is 18.9. The lowest BCUT2D eigenvalue weighted by Gasteiger charge is -2.19. The fraction of sp³-hybridized carbons (Fsp3) is 0.185. The minimum Gasteiger partial charge on any atom is -0.0622 e. The van der Waals surface area contributed by atoms with Gasteiger partial charge in [0.05, 0.1) is 0 Å². The van der Waals surface area contributed by atoms with Gasteiger partial charge in [-0.15, -0.1) is 0 Å². The number of hydrogen-bond acceptors (Lipinski definition) is 0. The van der Waals surface area contributed by atoms with Gasteiger partial charge in [-0.3, -0.25) is 0 Å². The largest absolute Gasteiger partial charge is 0.0622 e. The molecule has 0 aromatic heterocycles. The molecule has 0 aliphatic heterocycles. The Morgan fingerprint density at radius 2 is 1.07 bits per heavy atom. The van der Waals surface area contributed by atoms with Gasteiger partial charge >= 0.3 is 0 Å². The average molecular weight is 351 g/mol. The normalized spacial score (nSPS) is 11.9. The summed E-state index contributed by atoms with van der Waals surface area (Å²) in [6, 6.07) is 35.3. The van der Waals surface area contributed by atoms with E-state index in [1.807, 2.05) is 0 Å². The zero-order valence-corrected chi connectivity index (χ0v) is 16.3. The molecule has 2 aromatic carbocycles. The quantitative estimate of drug-likeness (QED) is 0.364. The smallest absolute Gasteiger partial charge is 0.0346 e. The van der Waals surface area contributed by atoms with Crippen LogP contribution in [0.3, 0.4) is 0 Å². The molecule has 0 bridgehead atoms. The van der Waals surface area contributed by atoms with Crippen molar-refractivity contribution in [1.82, 2.24) is 0 Å². The molecule has 0 radical (unpaired) electrons. The standard InChI is InChI=1S/C27H26/c1-27(2,3)23-16-14-20-15-18-25(24(20)19-17-23)26(21-10-6-4-7-11-21)22-12-8-5-9-13-22/h4-19,26H,1-3H3. The lowest BCUT2D eigenvalue weighted by Crippen LogP contribution is -2.09. The van der Waals surface area contributed by atoms with Gasteiger partial charge in [0.15, 0.2) is 0 Å². The van der Waals surface area contributed by atoms with Crippen LogP contribution in [0.15, 0.2) is 97.1 Å². The highest BCUT2D eigenvalue weighted by Gasteiger charge is 2.22. The third-order valence-electron chi connectivity index (χ3n) is 5.38. The van der Waals surface area contributed by atoms with Crippen molar-refractivity contribution in [2.75, 3.05) is 0 Å². The van der Waals surface area contributed by atoms with Gasteiger partial charge in [0.25, 0.3) is 0 Å². The first-order valence-corrected chi connectivity index (χ1v) is 9.67. The van der Waals surface area contributed by atoms with E-state index in [2.05, 4.69) is 118 Å². The molecule has 0 amide bonds. The lowest BCUT2D eigenvalue weighted by atomic mass is 9.84. The summed E-state index contributed by atoms with van der Waals surface area (Å²) < 4.78 is 0. The second kappa shape index (κ2) is 7.04. The summed E-state index contributed by atoms with van der Waals surface area (Å²) in [5, 5.41) is 0. The molecule has 0 nitrogen and oxygen atoms in total. The van der Waals surface area contributed by atoms with Crippen LogP contribution in [0.5, 0.6) is 0 Å². The Labute approximate surface area is 162 Å². The van der Waals surface area contributed by atoms with Crippen LogP contribution >= 0.6 is 0 Å². The Hall–Kier alpha value is -2.86. The maximum atomic E-state index is 2.31. The Morgan fingerprint density at radius 1 is 0.556 bits per heavy atom. The van der Waals surface area contributed by atoms with Crippen LogP contribution < -0.4 is 0 Å². The van der Waals surface area contributed by atoms with E-state index < -0.39 is 0 Å². The van der Waals surface area contributed by atoms with E-state index >= 15 is 0 Å². The van der Waals surface area contributed by atoms with Gasteiger partial charge in [-0.1, -0.05) is 118 Å². The van der Waals surface area contributed by atoms with Crippen LogP contribution in [0, 0.1) is 0 Å². The summed E-state index contributed by atoms with van der Waals surface area (Å²) in [4.78, 5) is 0. The van der Waals surface area contributed by atoms with Crippen molar-refractivity contribution in [1.29, 1.82) is 0 Å². The van der Waals surface area contributed by atoms with Crippen molar-refractivity contribution in [2.24, 2.45) is 0 Å². The summed E-state index contributed by atoms with van der Waals surface area (Å²) in [5.74, 6) is 0.241. The fourth-order valence-corrected chi connectivity index (χ4v) is 3.87. The molecule has 0 unspecified atom stereocenters. The van der Waals surface area contributed by atoms with Gasteiger partial charge in [-0.05, 0) is 38.8 Å². The monoisotopic (exact) mass is 350 g/mol. The van der Waals surface area contributed by atoms with Crippen LogP contribution in [0.4, 0.5) is 0 Å². The summed E-state index contributed by atoms with van der Waals surface area (Å²) in [6.45, 7) is 6.81. The molecule has 0 fully saturated rings. The van der Waals surface area contributed by atoms with E-state index in [1.54, 1.807) is 0 Å². The number of hydrogen-bond donors (Lipinski definition) is 0. The molecule has 2 aromatic rings. The van der Waals surface area contributed by atoms with Gasteiger partial charge in [0.1, 0.15) is 0 Å². The molecule has 0 spiro atoms. The molecule has 0 saturated carbocycles. The molecular weight excluding hydrogens is 324 g/mol. The molecule has 27 heavy (non-hydrogen) atoms. The van der Waals surface area contributed by atoms with E-state index in [9.17, 15) is 0 Å². The Kier molecular flexibility index (Phi) is 4.58. The third kappa shape index (κ3) is 3.53. The van der Waals surface area contributed by atoms with Gasteiger partial charge in [-0.25, -0.2) is 0 Å². The Morgan fingerprint density at radius 3 is 1.63 bits per heavy atom. The minimum absolute atomic E-state index is 0.148. The molecule has 0 saturated heterocycles. The predicted octanol–water partition coefficient (Wildman–Crippen LogP) is 7.27. The summed E-state index contributed by atoms with van der Waals surface area (Å²) >= 11 is 0. The molecule has 0 heterocycles. The van der Waals surface area contributed by atoms with E-state index in [4.69, 9.17) is 0 Å². The first kappa shape index (κ1) is 17.5. The van der Waals surface area contributed by atoms with Gasteiger partial charge in [0.2, 0.25) is 0 Å². The molecular formula is C27H26. The Bertz CT molecular complexity index is 951. The maximum Gasteiger partial charge on any atom is 0.0346 e. The van der Waals surface area contributed by atoms with Crippen molar-refractivity contribution < 1.29 is 0 Å². The van der Waals surface area contributed by atoms with Crippen LogP contribution in [-0.2, 0) is 5.41 Å². The third-order valence-corrected chi connectivity index (χ3v) is 5.38. The Balaban J connectivity index is 1.90. The molecule has 0 N–H and O–H groups in total. The van der Waals surface area contributed by atoms with Crippen molar-refractivity contribution >= 4 is 0 Å². The molecule has 134 valence electrons. The SMILES string of the molecule is CC(C)(C)c1ccc2ccc(C(c3ccccc3)c3ccccc3)c-2cc1. The van der Waals surface area contributed by atoms with Gasteiger partial charge in [-0.2, -0.15) is 0 Å². The summed E-state index contributed by atoms with van der Waals surface area (Å²) in [5.41, 5.74) is 8.19. The first-order chi connectivity index (χ1) is 13.0. The number of benzene rings is 2. The summed E-state index contributed by atoms with van der Waals surface area (Å²) in [7, 11) is 0. The molecule has 2 aliphatic rings. The first-order valence-electron chi connectivity index (χ1n) is 9.67. The van der Waals surface area contributed by atoms with Crippen LogP contribution in [0.1, 0.15) is 48.9 Å². The van der Waals surface area contributed by atoms with Crippen LogP contribution in [0.25, 0.3) is 11.1 Å². The highest BCUT2D eigenvalue weighted by atomic mass is 14.3. The average Bonchev–Trinajstić information content (AvgIpc) is 2.92. The molecule has 2 aliphatic carbocycles. The zero-order valence-electron chi connectivity index (χ0n) is 16.3. The van der Waals surface area contributed by atoms with E-state index in [0.717, 1.165) is 0 Å². The second-order valence-electron chi connectivity index (χ2n) is 8.28. The maximum absolute atomic E-state index is 2.31. The van der Waals surface area contributed by atoms with Crippen LogP contribution in [-0.4, -0.2) is 0 Å². The van der Waals surface area contributed by atoms with Crippen molar-refractivity contribution in [2.45, 2.75) is 32.1 Å². The van der Waals surface area contributed by atoms with Crippen molar-refractivity contribution in [3.05, 3.63) is 119 Å². The number of rotatable bonds is 3. The lowest BCUT2D eigenvalue weighted by molar-refractivity contribution is 0.591. The minimum atomic E-state index is 0.148. The van der Waals surface area contributed by atoms with Crippen molar-refractivity contribution in [3.63, 3.8) is 0 Å². The second-order valence-corrected chi connectivity index (χ2v) is 8.28. The molecule has 4 rings (SSSR count). The molecule has 0 heteroatoms. The van der Waals surface area contributed by atoms with E-state index in [0.29, 0.717) is 0 Å². The number of fused-ring (bicyclic) bond motifs is 1. The highest BCUT2D eigenvalue weighted by Crippen LogP contribution is 2.40. The van der Waals surface area contributed by atoms with Crippen molar-refractivity contribution in [3.8, 4) is 11.1 Å². The predicted molar refractivity (Wildman–Crippen MR) is 116 cm³/mol. The summed E-state index contributed by atoms with van der Waals surface area (Å²) in [6.07, 6.45) is 0. The van der Waals surface area contributed by atoms with Crippen LogP contribution in [0.2, 0.25) is 0 Å². The van der Waals surface area contributed by atoms with E-state index in [-0.39, 0.29) is 11.3 Å². The van der Waals surface area contributed by atoms with E-state index in [1.165, 1.54) is 33.4 Å².